The molecular formula is C23H27N5O2. The maximum atomic E-state index is 13.5. The molecule has 1 unspecified atom stereocenters. The smallest absolute Gasteiger partial charge is 0.261 e. The van der Waals surface area contributed by atoms with Crippen molar-refractivity contribution in [2.45, 2.75) is 18.9 Å². The second kappa shape index (κ2) is 8.67. The van der Waals surface area contributed by atoms with E-state index in [0.29, 0.717) is 18.4 Å². The van der Waals surface area contributed by atoms with Gasteiger partial charge in [-0.15, -0.1) is 0 Å². The molecule has 7 heteroatoms. The highest BCUT2D eigenvalue weighted by Crippen LogP contribution is 2.21. The minimum Gasteiger partial charge on any atom is -0.497 e. The number of nitrogens with one attached hydrogen (secondary N) is 1. The average Bonchev–Trinajstić information content (AvgIpc) is 3.29. The van der Waals surface area contributed by atoms with Crippen LogP contribution < -0.4 is 15.7 Å². The molecule has 2 heterocycles. The van der Waals surface area contributed by atoms with Crippen LogP contribution >= 0.6 is 0 Å². The summed E-state index contributed by atoms with van der Waals surface area (Å²) in [6.07, 6.45) is 2.58. The summed E-state index contributed by atoms with van der Waals surface area (Å²) in [7, 11) is 5.69. The topological polar surface area (TPSA) is 71.8 Å². The van der Waals surface area contributed by atoms with E-state index in [2.05, 4.69) is 15.4 Å². The van der Waals surface area contributed by atoms with Crippen LogP contribution in [0.25, 0.3) is 10.9 Å². The van der Waals surface area contributed by atoms with Gasteiger partial charge in [-0.05, 0) is 49.5 Å². The number of benzene rings is 2. The first-order chi connectivity index (χ1) is 14.5. The van der Waals surface area contributed by atoms with Crippen LogP contribution in [0, 0.1) is 0 Å². The molecule has 0 bridgehead atoms. The number of likely N-dealkylation sites (N-methyl/N-ethyl adjacent to an activating group) is 1. The number of fused-ring (bicyclic) bond motifs is 1. The van der Waals surface area contributed by atoms with Crippen LogP contribution in [0.15, 0.2) is 52.4 Å². The van der Waals surface area contributed by atoms with Gasteiger partial charge in [0.05, 0.1) is 24.6 Å². The molecule has 0 radical (unpaired) electrons. The maximum absolute atomic E-state index is 13.5. The predicted octanol–water partition coefficient (Wildman–Crippen LogP) is 2.23. The van der Waals surface area contributed by atoms with E-state index in [1.165, 1.54) is 0 Å². The van der Waals surface area contributed by atoms with E-state index in [9.17, 15) is 4.79 Å². The molecule has 156 valence electrons. The van der Waals surface area contributed by atoms with Gasteiger partial charge in [0.25, 0.3) is 5.56 Å². The van der Waals surface area contributed by atoms with Crippen molar-refractivity contribution >= 4 is 17.1 Å². The van der Waals surface area contributed by atoms with Crippen LogP contribution in [0.5, 0.6) is 5.75 Å². The van der Waals surface area contributed by atoms with Crippen molar-refractivity contribution in [3.05, 3.63) is 69.8 Å². The van der Waals surface area contributed by atoms with Crippen molar-refractivity contribution in [1.29, 1.82) is 0 Å². The van der Waals surface area contributed by atoms with E-state index in [0.717, 1.165) is 41.3 Å². The molecule has 0 fully saturated rings. The van der Waals surface area contributed by atoms with Crippen molar-refractivity contribution in [3.8, 4) is 5.75 Å². The van der Waals surface area contributed by atoms with E-state index in [1.54, 1.807) is 11.7 Å². The number of ether oxygens (including phenoxy) is 1. The van der Waals surface area contributed by atoms with Crippen LogP contribution in [0.4, 0.5) is 0 Å². The molecule has 0 saturated heterocycles. The Morgan fingerprint density at radius 3 is 2.83 bits per heavy atom. The molecule has 7 nitrogen and oxygen atoms in total. The standard InChI is InChI=1S/C23H27N5O2/c1-27(2)10-9-22-26-21-8-7-17(18-13-24-25-14-18)12-20(21)23(29)28(22)15-16-5-4-6-19(11-16)30-3/h4-8,11-13,18,25H,9-10,14-15H2,1-3H3. The molecule has 1 aliphatic heterocycles. The summed E-state index contributed by atoms with van der Waals surface area (Å²) in [5.74, 6) is 1.74. The molecule has 2 aromatic carbocycles. The van der Waals surface area contributed by atoms with Gasteiger partial charge in [-0.25, -0.2) is 4.98 Å². The van der Waals surface area contributed by atoms with E-state index >= 15 is 0 Å². The Morgan fingerprint density at radius 2 is 2.10 bits per heavy atom. The molecular weight excluding hydrogens is 378 g/mol. The third-order valence-electron chi connectivity index (χ3n) is 5.40. The Kier molecular flexibility index (Phi) is 5.81. The predicted molar refractivity (Wildman–Crippen MR) is 120 cm³/mol. The molecule has 0 amide bonds. The molecule has 1 aromatic heterocycles. The fraction of sp³-hybridized carbons (Fsp3) is 0.348. The number of methoxy groups -OCH3 is 1. The number of nitrogens with zero attached hydrogens (tertiary/aromatic N) is 4. The van der Waals surface area contributed by atoms with E-state index in [-0.39, 0.29) is 11.5 Å². The van der Waals surface area contributed by atoms with Crippen molar-refractivity contribution in [3.63, 3.8) is 0 Å². The van der Waals surface area contributed by atoms with Crippen molar-refractivity contribution < 1.29 is 4.74 Å². The largest absolute Gasteiger partial charge is 0.497 e. The number of hydrogen-bond acceptors (Lipinski definition) is 6. The Hall–Kier alpha value is -3.19. The fourth-order valence-electron chi connectivity index (χ4n) is 3.70. The van der Waals surface area contributed by atoms with Crippen LogP contribution in [-0.2, 0) is 13.0 Å². The molecule has 0 spiro atoms. The van der Waals surface area contributed by atoms with Gasteiger partial charge in [-0.2, -0.15) is 5.10 Å². The van der Waals surface area contributed by atoms with Gasteiger partial charge in [0, 0.05) is 31.6 Å². The zero-order chi connectivity index (χ0) is 21.1. The number of rotatable bonds is 7. The first-order valence-corrected chi connectivity index (χ1v) is 10.1. The summed E-state index contributed by atoms with van der Waals surface area (Å²) < 4.78 is 7.14. The summed E-state index contributed by atoms with van der Waals surface area (Å²) in [5.41, 5.74) is 5.78. The Morgan fingerprint density at radius 1 is 1.23 bits per heavy atom. The first-order valence-electron chi connectivity index (χ1n) is 10.1. The van der Waals surface area contributed by atoms with Gasteiger partial charge in [-0.1, -0.05) is 18.2 Å². The monoisotopic (exact) mass is 405 g/mol. The third-order valence-corrected chi connectivity index (χ3v) is 5.40. The Bertz CT molecular complexity index is 1140. The lowest BCUT2D eigenvalue weighted by atomic mass is 9.99. The van der Waals surface area contributed by atoms with E-state index in [1.807, 2.05) is 62.8 Å². The quantitative estimate of drug-likeness (QED) is 0.653. The summed E-state index contributed by atoms with van der Waals surface area (Å²) in [4.78, 5) is 20.5. The first kappa shape index (κ1) is 20.1. The van der Waals surface area contributed by atoms with Crippen molar-refractivity contribution in [1.82, 2.24) is 19.9 Å². The maximum Gasteiger partial charge on any atom is 0.261 e. The lowest BCUT2D eigenvalue weighted by Gasteiger charge is -2.17. The second-order valence-corrected chi connectivity index (χ2v) is 7.85. The molecule has 1 atom stereocenters. The highest BCUT2D eigenvalue weighted by Gasteiger charge is 2.17. The van der Waals surface area contributed by atoms with Gasteiger partial charge < -0.3 is 15.1 Å². The molecule has 0 saturated carbocycles. The molecule has 0 aliphatic carbocycles. The fourth-order valence-corrected chi connectivity index (χ4v) is 3.70. The van der Waals surface area contributed by atoms with Crippen LogP contribution in [-0.4, -0.2) is 55.0 Å². The third kappa shape index (κ3) is 4.21. The summed E-state index contributed by atoms with van der Waals surface area (Å²) in [6.45, 7) is 2.02. The Labute approximate surface area is 176 Å². The number of hydrogen-bond donors (Lipinski definition) is 1. The molecule has 4 rings (SSSR count). The average molecular weight is 406 g/mol. The SMILES string of the molecule is COc1cccc(Cn2c(CCN(C)C)nc3ccc(C4C=NNC4)cc3c2=O)c1. The minimum absolute atomic E-state index is 0.0127. The lowest BCUT2D eigenvalue weighted by molar-refractivity contribution is 0.404. The van der Waals surface area contributed by atoms with Crippen LogP contribution in [0.1, 0.15) is 22.9 Å². The van der Waals surface area contributed by atoms with E-state index in [4.69, 9.17) is 9.72 Å². The van der Waals surface area contributed by atoms with E-state index < -0.39 is 0 Å². The molecule has 1 aliphatic rings. The zero-order valence-corrected chi connectivity index (χ0v) is 17.6. The van der Waals surface area contributed by atoms with Crippen molar-refractivity contribution in [2.24, 2.45) is 5.10 Å². The molecule has 1 N–H and O–H groups in total. The number of hydrazone groups is 1. The number of aromatic nitrogens is 2. The minimum atomic E-state index is -0.0127. The Balaban J connectivity index is 1.80. The van der Waals surface area contributed by atoms with Crippen molar-refractivity contribution in [2.75, 3.05) is 34.3 Å². The highest BCUT2D eigenvalue weighted by molar-refractivity contribution is 5.81. The highest BCUT2D eigenvalue weighted by atomic mass is 16.5. The summed E-state index contributed by atoms with van der Waals surface area (Å²) in [6, 6.07) is 13.8. The van der Waals surface area contributed by atoms with Gasteiger partial charge >= 0.3 is 0 Å². The van der Waals surface area contributed by atoms with Crippen LogP contribution in [0.3, 0.4) is 0 Å². The summed E-state index contributed by atoms with van der Waals surface area (Å²) in [5, 5.41) is 4.74. The van der Waals surface area contributed by atoms with Gasteiger partial charge in [0.1, 0.15) is 11.6 Å². The molecule has 3 aromatic rings. The van der Waals surface area contributed by atoms with Gasteiger partial charge in [0.15, 0.2) is 0 Å². The van der Waals surface area contributed by atoms with Crippen LogP contribution in [0.2, 0.25) is 0 Å². The second-order valence-electron chi connectivity index (χ2n) is 7.85. The summed E-state index contributed by atoms with van der Waals surface area (Å²) >= 11 is 0. The normalized spacial score (nSPS) is 15.7. The lowest BCUT2D eigenvalue weighted by Crippen LogP contribution is -2.28. The zero-order valence-electron chi connectivity index (χ0n) is 17.6. The molecule has 30 heavy (non-hydrogen) atoms. The van der Waals surface area contributed by atoms with Gasteiger partial charge in [-0.3, -0.25) is 9.36 Å². The van der Waals surface area contributed by atoms with Gasteiger partial charge in [0.2, 0.25) is 0 Å².